The van der Waals surface area contributed by atoms with Crippen LogP contribution in [0.15, 0.2) is 42.5 Å². The van der Waals surface area contributed by atoms with E-state index in [1.807, 2.05) is 31.2 Å². The number of hydrogen-bond donors (Lipinski definition) is 1. The van der Waals surface area contributed by atoms with Crippen LogP contribution in [0.3, 0.4) is 0 Å². The molecule has 0 radical (unpaired) electrons. The Hall–Kier alpha value is -2.20. The first kappa shape index (κ1) is 15.7. The fraction of sp³-hybridized carbons (Fsp3) is 0.278. The molecule has 1 atom stereocenters. The Bertz CT molecular complexity index is 733. The number of carbonyl (C=O) groups excluding carboxylic acids is 1. The number of urea groups is 1. The van der Waals surface area contributed by atoms with Crippen molar-refractivity contribution in [3.63, 3.8) is 0 Å². The Labute approximate surface area is 141 Å². The summed E-state index contributed by atoms with van der Waals surface area (Å²) in [6.45, 7) is 4.49. The maximum Gasteiger partial charge on any atom is 0.326 e. The first-order chi connectivity index (χ1) is 11.1. The number of anilines is 2. The van der Waals surface area contributed by atoms with E-state index in [4.69, 9.17) is 16.3 Å². The molecule has 2 amide bonds. The highest BCUT2D eigenvalue weighted by atomic mass is 35.5. The van der Waals surface area contributed by atoms with Crippen molar-refractivity contribution in [3.05, 3.63) is 53.1 Å². The molecular weight excluding hydrogens is 312 g/mol. The quantitative estimate of drug-likeness (QED) is 0.865. The summed E-state index contributed by atoms with van der Waals surface area (Å²) in [5.41, 5.74) is 2.64. The third-order valence-corrected chi connectivity index (χ3v) is 4.10. The van der Waals surface area contributed by atoms with E-state index in [0.29, 0.717) is 23.0 Å². The molecule has 1 N–H and O–H groups in total. The molecule has 120 valence electrons. The van der Waals surface area contributed by atoms with Gasteiger partial charge < -0.3 is 10.1 Å². The minimum atomic E-state index is -0.176. The SMILES string of the molecule is CCc1ccccc1NC(=O)N1CC(C)Oc2ccc(Cl)cc21. The molecule has 1 unspecified atom stereocenters. The Morgan fingerprint density at radius 1 is 1.35 bits per heavy atom. The molecule has 1 aliphatic heterocycles. The van der Waals surface area contributed by atoms with Gasteiger partial charge in [-0.15, -0.1) is 0 Å². The predicted molar refractivity (Wildman–Crippen MR) is 93.7 cm³/mol. The van der Waals surface area contributed by atoms with Gasteiger partial charge in [0.1, 0.15) is 11.9 Å². The second-order valence-corrected chi connectivity index (χ2v) is 6.03. The average molecular weight is 331 g/mol. The van der Waals surface area contributed by atoms with E-state index in [1.165, 1.54) is 0 Å². The highest BCUT2D eigenvalue weighted by Gasteiger charge is 2.28. The summed E-state index contributed by atoms with van der Waals surface area (Å²) in [6, 6.07) is 13.0. The number of fused-ring (bicyclic) bond motifs is 1. The third kappa shape index (κ3) is 3.27. The summed E-state index contributed by atoms with van der Waals surface area (Å²) in [5, 5.41) is 3.58. The lowest BCUT2D eigenvalue weighted by molar-refractivity contribution is 0.208. The monoisotopic (exact) mass is 330 g/mol. The van der Waals surface area contributed by atoms with Crippen LogP contribution in [0, 0.1) is 0 Å². The van der Waals surface area contributed by atoms with Crippen LogP contribution in [0.5, 0.6) is 5.75 Å². The molecule has 0 spiro atoms. The van der Waals surface area contributed by atoms with E-state index in [1.54, 1.807) is 23.1 Å². The second kappa shape index (κ2) is 6.50. The summed E-state index contributed by atoms with van der Waals surface area (Å²) in [7, 11) is 0. The van der Waals surface area contributed by atoms with E-state index >= 15 is 0 Å². The number of para-hydroxylation sites is 1. The Morgan fingerprint density at radius 3 is 2.91 bits per heavy atom. The zero-order valence-electron chi connectivity index (χ0n) is 13.2. The zero-order chi connectivity index (χ0) is 16.4. The number of benzene rings is 2. The minimum Gasteiger partial charge on any atom is -0.487 e. The number of rotatable bonds is 2. The predicted octanol–water partition coefficient (Wildman–Crippen LogP) is 4.72. The normalized spacial score (nSPS) is 16.5. The van der Waals surface area contributed by atoms with Crippen molar-refractivity contribution in [3.8, 4) is 5.75 Å². The number of nitrogens with zero attached hydrogens (tertiary/aromatic N) is 1. The van der Waals surface area contributed by atoms with Crippen molar-refractivity contribution in [1.29, 1.82) is 0 Å². The number of halogens is 1. The van der Waals surface area contributed by atoms with Gasteiger partial charge in [0.25, 0.3) is 0 Å². The molecule has 4 nitrogen and oxygen atoms in total. The van der Waals surface area contributed by atoms with Crippen LogP contribution in [0.2, 0.25) is 5.02 Å². The first-order valence-corrected chi connectivity index (χ1v) is 8.09. The van der Waals surface area contributed by atoms with Gasteiger partial charge in [-0.25, -0.2) is 4.79 Å². The van der Waals surface area contributed by atoms with Gasteiger partial charge in [-0.1, -0.05) is 36.7 Å². The Balaban J connectivity index is 1.89. The summed E-state index contributed by atoms with van der Waals surface area (Å²) in [4.78, 5) is 14.5. The summed E-state index contributed by atoms with van der Waals surface area (Å²) < 4.78 is 5.78. The molecule has 0 bridgehead atoms. The highest BCUT2D eigenvalue weighted by Crippen LogP contribution is 2.36. The average Bonchev–Trinajstić information content (AvgIpc) is 2.55. The van der Waals surface area contributed by atoms with Gasteiger partial charge in [0.2, 0.25) is 0 Å². The van der Waals surface area contributed by atoms with E-state index < -0.39 is 0 Å². The van der Waals surface area contributed by atoms with Crippen LogP contribution in [-0.4, -0.2) is 18.7 Å². The third-order valence-electron chi connectivity index (χ3n) is 3.86. The number of aryl methyl sites for hydroxylation is 1. The molecular formula is C18H19ClN2O2. The van der Waals surface area contributed by atoms with E-state index in [-0.39, 0.29) is 12.1 Å². The smallest absolute Gasteiger partial charge is 0.326 e. The lowest BCUT2D eigenvalue weighted by atomic mass is 10.1. The number of hydrogen-bond acceptors (Lipinski definition) is 2. The fourth-order valence-electron chi connectivity index (χ4n) is 2.74. The van der Waals surface area contributed by atoms with Crippen LogP contribution in [-0.2, 0) is 6.42 Å². The zero-order valence-corrected chi connectivity index (χ0v) is 13.9. The highest BCUT2D eigenvalue weighted by molar-refractivity contribution is 6.31. The van der Waals surface area contributed by atoms with Crippen molar-refractivity contribution in [1.82, 2.24) is 0 Å². The van der Waals surface area contributed by atoms with Crippen molar-refractivity contribution < 1.29 is 9.53 Å². The first-order valence-electron chi connectivity index (χ1n) is 7.71. The number of carbonyl (C=O) groups is 1. The van der Waals surface area contributed by atoms with Crippen LogP contribution in [0.4, 0.5) is 16.2 Å². The molecule has 3 rings (SSSR count). The molecule has 0 saturated carbocycles. The largest absolute Gasteiger partial charge is 0.487 e. The van der Waals surface area contributed by atoms with Gasteiger partial charge >= 0.3 is 6.03 Å². The molecule has 0 saturated heterocycles. The molecule has 0 aliphatic carbocycles. The van der Waals surface area contributed by atoms with Gasteiger partial charge in [0.05, 0.1) is 12.2 Å². The van der Waals surface area contributed by atoms with Crippen LogP contribution in [0.1, 0.15) is 19.4 Å². The van der Waals surface area contributed by atoms with E-state index in [9.17, 15) is 4.79 Å². The lowest BCUT2D eigenvalue weighted by Gasteiger charge is -2.33. The van der Waals surface area contributed by atoms with Gasteiger partial charge in [-0.3, -0.25) is 4.90 Å². The van der Waals surface area contributed by atoms with E-state index in [2.05, 4.69) is 12.2 Å². The second-order valence-electron chi connectivity index (χ2n) is 5.59. The molecule has 5 heteroatoms. The summed E-state index contributed by atoms with van der Waals surface area (Å²) in [6.07, 6.45) is 0.786. The van der Waals surface area contributed by atoms with Gasteiger partial charge in [0.15, 0.2) is 0 Å². The van der Waals surface area contributed by atoms with Crippen molar-refractivity contribution in [2.45, 2.75) is 26.4 Å². The summed E-state index contributed by atoms with van der Waals surface area (Å²) >= 11 is 6.08. The van der Waals surface area contributed by atoms with E-state index in [0.717, 1.165) is 17.7 Å². The topological polar surface area (TPSA) is 41.6 Å². The standard InChI is InChI=1S/C18H19ClN2O2/c1-3-13-6-4-5-7-15(13)20-18(22)21-11-12(2)23-17-9-8-14(19)10-16(17)21/h4-10,12H,3,11H2,1-2H3,(H,20,22). The molecule has 0 aromatic heterocycles. The lowest BCUT2D eigenvalue weighted by Crippen LogP contribution is -2.44. The number of amides is 2. The molecule has 1 heterocycles. The Kier molecular flexibility index (Phi) is 4.44. The molecule has 2 aromatic carbocycles. The van der Waals surface area contributed by atoms with Crippen LogP contribution in [0.25, 0.3) is 0 Å². The number of nitrogens with one attached hydrogen (secondary N) is 1. The molecule has 0 fully saturated rings. The maximum absolute atomic E-state index is 12.8. The van der Waals surface area contributed by atoms with Crippen molar-refractivity contribution in [2.75, 3.05) is 16.8 Å². The minimum absolute atomic E-state index is 0.0733. The molecule has 2 aromatic rings. The van der Waals surface area contributed by atoms with Gasteiger partial charge in [-0.05, 0) is 43.2 Å². The Morgan fingerprint density at radius 2 is 2.13 bits per heavy atom. The van der Waals surface area contributed by atoms with Crippen molar-refractivity contribution in [2.24, 2.45) is 0 Å². The maximum atomic E-state index is 12.8. The van der Waals surface area contributed by atoms with Gasteiger partial charge in [0, 0.05) is 10.7 Å². The molecule has 23 heavy (non-hydrogen) atoms. The molecule has 1 aliphatic rings. The summed E-state index contributed by atoms with van der Waals surface area (Å²) in [5.74, 6) is 0.673. The van der Waals surface area contributed by atoms with Crippen molar-refractivity contribution >= 4 is 29.0 Å². The fourth-order valence-corrected chi connectivity index (χ4v) is 2.90. The van der Waals surface area contributed by atoms with Crippen LogP contribution < -0.4 is 15.0 Å². The van der Waals surface area contributed by atoms with Gasteiger partial charge in [-0.2, -0.15) is 0 Å². The van der Waals surface area contributed by atoms with Crippen LogP contribution >= 0.6 is 11.6 Å². The number of ether oxygens (including phenoxy) is 1.